The first-order valence-corrected chi connectivity index (χ1v) is 6.36. The molecule has 0 saturated heterocycles. The van der Waals surface area contributed by atoms with Gasteiger partial charge in [-0.25, -0.2) is 0 Å². The van der Waals surface area contributed by atoms with Crippen molar-refractivity contribution in [1.82, 2.24) is 0 Å². The lowest BCUT2D eigenvalue weighted by atomic mass is 10.1. The maximum absolute atomic E-state index is 12.0. The summed E-state index contributed by atoms with van der Waals surface area (Å²) in [7, 11) is 1.53. The predicted molar refractivity (Wildman–Crippen MR) is 78.0 cm³/mol. The Labute approximate surface area is 122 Å². The molecule has 0 bridgehead atoms. The van der Waals surface area contributed by atoms with Gasteiger partial charge < -0.3 is 15.2 Å². The largest absolute Gasteiger partial charge is 0.497 e. The van der Waals surface area contributed by atoms with Gasteiger partial charge in [-0.1, -0.05) is 23.7 Å². The van der Waals surface area contributed by atoms with Crippen molar-refractivity contribution < 1.29 is 14.6 Å². The van der Waals surface area contributed by atoms with E-state index in [0.717, 1.165) is 0 Å². The van der Waals surface area contributed by atoms with Gasteiger partial charge in [0.05, 0.1) is 7.11 Å². The van der Waals surface area contributed by atoms with Crippen LogP contribution in [-0.4, -0.2) is 18.1 Å². The van der Waals surface area contributed by atoms with Crippen LogP contribution in [0.4, 0.5) is 5.69 Å². The SMILES string of the molecule is COc1cccc(C(O)C(=O)Nc2ccc(Cl)cc2)c1. The Balaban J connectivity index is 2.09. The van der Waals surface area contributed by atoms with Crippen LogP contribution in [0.1, 0.15) is 11.7 Å². The number of rotatable bonds is 4. The molecule has 0 aliphatic carbocycles. The molecule has 0 saturated carbocycles. The summed E-state index contributed by atoms with van der Waals surface area (Å²) in [6, 6.07) is 13.4. The number of ether oxygens (including phenoxy) is 1. The number of carbonyl (C=O) groups is 1. The molecule has 0 spiro atoms. The van der Waals surface area contributed by atoms with Crippen LogP contribution in [0.5, 0.6) is 5.75 Å². The fourth-order valence-electron chi connectivity index (χ4n) is 1.71. The van der Waals surface area contributed by atoms with Crippen LogP contribution in [0.3, 0.4) is 0 Å². The number of halogens is 1. The minimum atomic E-state index is -1.26. The number of aliphatic hydroxyl groups excluding tert-OH is 1. The molecule has 0 aromatic heterocycles. The third kappa shape index (κ3) is 3.50. The van der Waals surface area contributed by atoms with Crippen LogP contribution in [0.25, 0.3) is 0 Å². The Morgan fingerprint density at radius 2 is 1.95 bits per heavy atom. The van der Waals surface area contributed by atoms with E-state index in [4.69, 9.17) is 16.3 Å². The van der Waals surface area contributed by atoms with Crippen LogP contribution in [0, 0.1) is 0 Å². The Kier molecular flexibility index (Phi) is 4.61. The Morgan fingerprint density at radius 1 is 1.25 bits per heavy atom. The number of anilines is 1. The van der Waals surface area contributed by atoms with Gasteiger partial charge in [0, 0.05) is 10.7 Å². The van der Waals surface area contributed by atoms with Gasteiger partial charge in [0.15, 0.2) is 6.10 Å². The second-order valence-electron chi connectivity index (χ2n) is 4.18. The Bertz CT molecular complexity index is 598. The summed E-state index contributed by atoms with van der Waals surface area (Å²) in [5, 5.41) is 13.2. The van der Waals surface area contributed by atoms with E-state index >= 15 is 0 Å². The molecular formula is C15H14ClNO3. The summed E-state index contributed by atoms with van der Waals surface area (Å²) < 4.78 is 5.06. The molecule has 1 unspecified atom stereocenters. The van der Waals surface area contributed by atoms with Crippen molar-refractivity contribution in [2.24, 2.45) is 0 Å². The van der Waals surface area contributed by atoms with Crippen LogP contribution < -0.4 is 10.1 Å². The summed E-state index contributed by atoms with van der Waals surface area (Å²) in [5.74, 6) is 0.0708. The number of methoxy groups -OCH3 is 1. The fraction of sp³-hybridized carbons (Fsp3) is 0.133. The molecule has 2 aromatic rings. The van der Waals surface area contributed by atoms with Gasteiger partial charge in [0.1, 0.15) is 5.75 Å². The summed E-state index contributed by atoms with van der Waals surface area (Å²) in [4.78, 5) is 12.0. The summed E-state index contributed by atoms with van der Waals surface area (Å²) in [6.45, 7) is 0. The second kappa shape index (κ2) is 6.41. The molecule has 4 nitrogen and oxygen atoms in total. The van der Waals surface area contributed by atoms with Crippen molar-refractivity contribution in [2.75, 3.05) is 12.4 Å². The van der Waals surface area contributed by atoms with E-state index in [1.165, 1.54) is 7.11 Å². The van der Waals surface area contributed by atoms with Gasteiger partial charge in [-0.3, -0.25) is 4.79 Å². The first-order chi connectivity index (χ1) is 9.60. The van der Waals surface area contributed by atoms with Crippen molar-refractivity contribution in [3.05, 3.63) is 59.1 Å². The highest BCUT2D eigenvalue weighted by Crippen LogP contribution is 2.21. The van der Waals surface area contributed by atoms with Crippen LogP contribution in [0.2, 0.25) is 5.02 Å². The Morgan fingerprint density at radius 3 is 2.60 bits per heavy atom. The molecule has 2 rings (SSSR count). The lowest BCUT2D eigenvalue weighted by Crippen LogP contribution is -2.20. The van der Waals surface area contributed by atoms with E-state index in [0.29, 0.717) is 22.0 Å². The van der Waals surface area contributed by atoms with E-state index in [-0.39, 0.29) is 0 Å². The maximum atomic E-state index is 12.0. The zero-order valence-corrected chi connectivity index (χ0v) is 11.6. The van der Waals surface area contributed by atoms with Gasteiger partial charge in [-0.15, -0.1) is 0 Å². The van der Waals surface area contributed by atoms with Crippen LogP contribution in [-0.2, 0) is 4.79 Å². The first-order valence-electron chi connectivity index (χ1n) is 5.98. The maximum Gasteiger partial charge on any atom is 0.257 e. The molecule has 0 heterocycles. The highest BCUT2D eigenvalue weighted by Gasteiger charge is 2.17. The standard InChI is InChI=1S/C15H14ClNO3/c1-20-13-4-2-3-10(9-13)14(18)15(19)17-12-7-5-11(16)6-8-12/h2-9,14,18H,1H3,(H,17,19). The van der Waals surface area contributed by atoms with Gasteiger partial charge in [0.25, 0.3) is 5.91 Å². The molecule has 1 atom stereocenters. The highest BCUT2D eigenvalue weighted by molar-refractivity contribution is 6.30. The number of nitrogens with one attached hydrogen (secondary N) is 1. The van der Waals surface area contributed by atoms with Crippen LogP contribution in [0.15, 0.2) is 48.5 Å². The molecule has 2 N–H and O–H groups in total. The normalized spacial score (nSPS) is 11.8. The van der Waals surface area contributed by atoms with Gasteiger partial charge in [-0.05, 0) is 42.0 Å². The average Bonchev–Trinajstić information content (AvgIpc) is 2.48. The van der Waals surface area contributed by atoms with Gasteiger partial charge >= 0.3 is 0 Å². The van der Waals surface area contributed by atoms with Crippen molar-refractivity contribution in [2.45, 2.75) is 6.10 Å². The molecular weight excluding hydrogens is 278 g/mol. The topological polar surface area (TPSA) is 58.6 Å². The third-order valence-electron chi connectivity index (χ3n) is 2.77. The smallest absolute Gasteiger partial charge is 0.257 e. The van der Waals surface area contributed by atoms with Crippen molar-refractivity contribution in [3.63, 3.8) is 0 Å². The number of hydrogen-bond acceptors (Lipinski definition) is 3. The lowest BCUT2D eigenvalue weighted by molar-refractivity contribution is -0.124. The number of carbonyl (C=O) groups excluding carboxylic acids is 1. The lowest BCUT2D eigenvalue weighted by Gasteiger charge is -2.12. The molecule has 2 aromatic carbocycles. The van der Waals surface area contributed by atoms with Crippen LogP contribution >= 0.6 is 11.6 Å². The molecule has 0 aliphatic heterocycles. The van der Waals surface area contributed by atoms with E-state index in [1.807, 2.05) is 0 Å². The molecule has 0 radical (unpaired) electrons. The van der Waals surface area contributed by atoms with E-state index in [1.54, 1.807) is 48.5 Å². The number of hydrogen-bond donors (Lipinski definition) is 2. The summed E-state index contributed by atoms with van der Waals surface area (Å²) in [6.07, 6.45) is -1.26. The zero-order chi connectivity index (χ0) is 14.5. The van der Waals surface area contributed by atoms with Crippen molar-refractivity contribution in [1.29, 1.82) is 0 Å². The molecule has 0 fully saturated rings. The zero-order valence-electron chi connectivity index (χ0n) is 10.8. The first kappa shape index (κ1) is 14.4. The summed E-state index contributed by atoms with van der Waals surface area (Å²) >= 11 is 5.76. The van der Waals surface area contributed by atoms with E-state index in [9.17, 15) is 9.90 Å². The molecule has 104 valence electrons. The number of aliphatic hydroxyl groups is 1. The molecule has 5 heteroatoms. The Hall–Kier alpha value is -2.04. The second-order valence-corrected chi connectivity index (χ2v) is 4.61. The predicted octanol–water partition coefficient (Wildman–Crippen LogP) is 3.02. The summed E-state index contributed by atoms with van der Waals surface area (Å²) in [5.41, 5.74) is 1.04. The number of benzene rings is 2. The molecule has 1 amide bonds. The molecule has 20 heavy (non-hydrogen) atoms. The average molecular weight is 292 g/mol. The van der Waals surface area contributed by atoms with Crippen molar-refractivity contribution in [3.8, 4) is 5.75 Å². The van der Waals surface area contributed by atoms with E-state index in [2.05, 4.69) is 5.32 Å². The van der Waals surface area contributed by atoms with Gasteiger partial charge in [0.2, 0.25) is 0 Å². The van der Waals surface area contributed by atoms with Gasteiger partial charge in [-0.2, -0.15) is 0 Å². The monoisotopic (exact) mass is 291 g/mol. The third-order valence-corrected chi connectivity index (χ3v) is 3.02. The minimum absolute atomic E-state index is 0.468. The fourth-order valence-corrected chi connectivity index (χ4v) is 1.83. The van der Waals surface area contributed by atoms with Crippen molar-refractivity contribution >= 4 is 23.2 Å². The van der Waals surface area contributed by atoms with E-state index < -0.39 is 12.0 Å². The minimum Gasteiger partial charge on any atom is -0.497 e. The quantitative estimate of drug-likeness (QED) is 0.910. The molecule has 0 aliphatic rings. The number of amides is 1. The highest BCUT2D eigenvalue weighted by atomic mass is 35.5.